The second-order valence-electron chi connectivity index (χ2n) is 8.99. The number of benzene rings is 2. The van der Waals surface area contributed by atoms with Crippen LogP contribution in [0.25, 0.3) is 0 Å². The number of ether oxygens (including phenoxy) is 3. The molecule has 3 rings (SSSR count). The molecule has 0 radical (unpaired) electrons. The zero-order chi connectivity index (χ0) is 23.5. The Morgan fingerprint density at radius 2 is 1.97 bits per heavy atom. The molecule has 6 heteroatoms. The van der Waals surface area contributed by atoms with Crippen LogP contribution in [0.2, 0.25) is 0 Å². The number of carbonyl (C=O) groups is 1. The van der Waals surface area contributed by atoms with Gasteiger partial charge in [-0.05, 0) is 53.8 Å². The SMILES string of the molecule is COCCNC(=O)c1ccc2c(c1)Cc1cccc(c1)CN(CCC(C)C)CCOCCO2. The van der Waals surface area contributed by atoms with Crippen molar-refractivity contribution in [3.63, 3.8) is 0 Å². The maximum Gasteiger partial charge on any atom is 0.251 e. The van der Waals surface area contributed by atoms with Crippen LogP contribution in [0.15, 0.2) is 42.5 Å². The van der Waals surface area contributed by atoms with E-state index in [1.165, 1.54) is 17.5 Å². The minimum atomic E-state index is -0.105. The van der Waals surface area contributed by atoms with E-state index in [1.54, 1.807) is 7.11 Å². The number of nitrogens with one attached hydrogen (secondary N) is 1. The molecule has 0 fully saturated rings. The van der Waals surface area contributed by atoms with Crippen LogP contribution in [0.3, 0.4) is 0 Å². The average molecular weight is 455 g/mol. The van der Waals surface area contributed by atoms with Gasteiger partial charge in [-0.2, -0.15) is 0 Å². The molecular formula is C27H38N2O4. The largest absolute Gasteiger partial charge is 0.491 e. The molecule has 0 saturated carbocycles. The molecule has 0 saturated heterocycles. The maximum absolute atomic E-state index is 12.6. The molecule has 33 heavy (non-hydrogen) atoms. The molecule has 1 aliphatic heterocycles. The van der Waals surface area contributed by atoms with E-state index in [2.05, 4.69) is 48.3 Å². The summed E-state index contributed by atoms with van der Waals surface area (Å²) in [5.74, 6) is 1.37. The van der Waals surface area contributed by atoms with Crippen molar-refractivity contribution in [3.05, 3.63) is 64.7 Å². The molecule has 2 bridgehead atoms. The summed E-state index contributed by atoms with van der Waals surface area (Å²) in [7, 11) is 1.62. The summed E-state index contributed by atoms with van der Waals surface area (Å²) in [6.45, 7) is 10.1. The molecular weight excluding hydrogens is 416 g/mol. The second-order valence-corrected chi connectivity index (χ2v) is 8.99. The molecule has 0 atom stereocenters. The summed E-state index contributed by atoms with van der Waals surface area (Å²) in [5, 5.41) is 2.89. The summed E-state index contributed by atoms with van der Waals surface area (Å²) >= 11 is 0. The van der Waals surface area contributed by atoms with Crippen molar-refractivity contribution < 1.29 is 19.0 Å². The van der Waals surface area contributed by atoms with Gasteiger partial charge in [0.1, 0.15) is 12.4 Å². The molecule has 2 aromatic rings. The number of methoxy groups -OCH3 is 1. The number of carbonyl (C=O) groups excluding carboxylic acids is 1. The smallest absolute Gasteiger partial charge is 0.251 e. The third kappa shape index (κ3) is 8.46. The van der Waals surface area contributed by atoms with Gasteiger partial charge in [0, 0.05) is 38.7 Å². The first-order valence-corrected chi connectivity index (χ1v) is 12.0. The minimum absolute atomic E-state index is 0.105. The predicted molar refractivity (Wildman–Crippen MR) is 131 cm³/mol. The van der Waals surface area contributed by atoms with E-state index in [4.69, 9.17) is 14.2 Å². The minimum Gasteiger partial charge on any atom is -0.491 e. The lowest BCUT2D eigenvalue weighted by molar-refractivity contribution is 0.0764. The summed E-state index contributed by atoms with van der Waals surface area (Å²) in [6.07, 6.45) is 1.88. The van der Waals surface area contributed by atoms with Crippen molar-refractivity contribution in [1.29, 1.82) is 0 Å². The van der Waals surface area contributed by atoms with Gasteiger partial charge in [0.05, 0.1) is 19.8 Å². The van der Waals surface area contributed by atoms with Gasteiger partial charge in [-0.25, -0.2) is 0 Å². The Morgan fingerprint density at radius 3 is 2.79 bits per heavy atom. The van der Waals surface area contributed by atoms with Crippen molar-refractivity contribution in [2.75, 3.05) is 53.2 Å². The summed E-state index contributed by atoms with van der Waals surface area (Å²) < 4.78 is 16.9. The van der Waals surface area contributed by atoms with E-state index in [-0.39, 0.29) is 5.91 Å². The lowest BCUT2D eigenvalue weighted by atomic mass is 9.99. The summed E-state index contributed by atoms with van der Waals surface area (Å²) in [4.78, 5) is 15.0. The number of hydrogen-bond donors (Lipinski definition) is 1. The van der Waals surface area contributed by atoms with E-state index >= 15 is 0 Å². The maximum atomic E-state index is 12.6. The Hall–Kier alpha value is -2.41. The average Bonchev–Trinajstić information content (AvgIpc) is 2.80. The molecule has 0 aromatic heterocycles. The van der Waals surface area contributed by atoms with E-state index in [9.17, 15) is 4.79 Å². The van der Waals surface area contributed by atoms with Gasteiger partial charge in [-0.3, -0.25) is 9.69 Å². The number of nitrogens with zero attached hydrogens (tertiary/aromatic N) is 1. The van der Waals surface area contributed by atoms with Gasteiger partial charge in [0.25, 0.3) is 5.91 Å². The molecule has 1 amide bonds. The molecule has 0 aliphatic carbocycles. The Morgan fingerprint density at radius 1 is 1.12 bits per heavy atom. The highest BCUT2D eigenvalue weighted by molar-refractivity contribution is 5.94. The zero-order valence-electron chi connectivity index (χ0n) is 20.3. The lowest BCUT2D eigenvalue weighted by Gasteiger charge is -2.24. The zero-order valence-corrected chi connectivity index (χ0v) is 20.3. The van der Waals surface area contributed by atoms with Gasteiger partial charge in [-0.1, -0.05) is 38.1 Å². The molecule has 2 aromatic carbocycles. The summed E-state index contributed by atoms with van der Waals surface area (Å²) in [5.41, 5.74) is 4.14. The predicted octanol–water partition coefficient (Wildman–Crippen LogP) is 3.91. The highest BCUT2D eigenvalue weighted by atomic mass is 16.5. The number of fused-ring (bicyclic) bond motifs is 3. The third-order valence-electron chi connectivity index (χ3n) is 5.77. The molecule has 180 valence electrons. The normalized spacial score (nSPS) is 15.4. The van der Waals surface area contributed by atoms with Crippen LogP contribution in [0.5, 0.6) is 5.75 Å². The molecule has 1 N–H and O–H groups in total. The van der Waals surface area contributed by atoms with E-state index in [0.29, 0.717) is 50.9 Å². The second kappa shape index (κ2) is 13.3. The van der Waals surface area contributed by atoms with Gasteiger partial charge >= 0.3 is 0 Å². The molecule has 6 nitrogen and oxygen atoms in total. The Balaban J connectivity index is 1.81. The van der Waals surface area contributed by atoms with Crippen molar-refractivity contribution in [3.8, 4) is 5.75 Å². The standard InChI is InChI=1S/C27H38N2O4/c1-21(2)9-11-29-12-14-32-15-16-33-26-8-7-24(27(30)28-10-13-31-3)19-25(26)18-22-5-4-6-23(17-22)20-29/h4-8,17,19,21H,9-16,18,20H2,1-3H3,(H,28,30). The molecule has 1 aliphatic rings. The Bertz CT molecular complexity index is 884. The van der Waals surface area contributed by atoms with E-state index < -0.39 is 0 Å². The van der Waals surface area contributed by atoms with Crippen molar-refractivity contribution in [1.82, 2.24) is 10.2 Å². The van der Waals surface area contributed by atoms with Gasteiger partial charge in [0.2, 0.25) is 0 Å². The quantitative estimate of drug-likeness (QED) is 0.643. The monoisotopic (exact) mass is 454 g/mol. The highest BCUT2D eigenvalue weighted by Crippen LogP contribution is 2.24. The van der Waals surface area contributed by atoms with Gasteiger partial charge in [0.15, 0.2) is 0 Å². The number of amides is 1. The van der Waals surface area contributed by atoms with Crippen LogP contribution in [-0.4, -0.2) is 64.0 Å². The number of rotatable bonds is 7. The van der Waals surface area contributed by atoms with Gasteiger partial charge < -0.3 is 19.5 Å². The van der Waals surface area contributed by atoms with Crippen molar-refractivity contribution >= 4 is 5.91 Å². The molecule has 0 unspecified atom stereocenters. The Labute approximate surface area is 198 Å². The lowest BCUT2D eigenvalue weighted by Crippen LogP contribution is -2.29. The third-order valence-corrected chi connectivity index (χ3v) is 5.77. The van der Waals surface area contributed by atoms with Crippen LogP contribution in [-0.2, 0) is 22.4 Å². The van der Waals surface area contributed by atoms with Crippen LogP contribution in [0.1, 0.15) is 47.3 Å². The fourth-order valence-electron chi connectivity index (χ4n) is 3.90. The van der Waals surface area contributed by atoms with Crippen LogP contribution < -0.4 is 10.1 Å². The van der Waals surface area contributed by atoms with Crippen molar-refractivity contribution in [2.24, 2.45) is 5.92 Å². The van der Waals surface area contributed by atoms with E-state index in [0.717, 1.165) is 30.9 Å². The van der Waals surface area contributed by atoms with Crippen LogP contribution in [0.4, 0.5) is 0 Å². The molecule has 0 spiro atoms. The Kier molecular flexibility index (Phi) is 10.2. The fraction of sp³-hybridized carbons (Fsp3) is 0.519. The highest BCUT2D eigenvalue weighted by Gasteiger charge is 2.13. The first kappa shape index (κ1) is 25.2. The number of hydrogen-bond acceptors (Lipinski definition) is 5. The first-order valence-electron chi connectivity index (χ1n) is 12.0. The molecule has 1 heterocycles. The topological polar surface area (TPSA) is 60.0 Å². The fourth-order valence-corrected chi connectivity index (χ4v) is 3.90. The van der Waals surface area contributed by atoms with E-state index in [1.807, 2.05) is 18.2 Å². The van der Waals surface area contributed by atoms with Crippen LogP contribution >= 0.6 is 0 Å². The summed E-state index contributed by atoms with van der Waals surface area (Å²) in [6, 6.07) is 14.4. The van der Waals surface area contributed by atoms with Crippen molar-refractivity contribution in [2.45, 2.75) is 33.2 Å². The first-order chi connectivity index (χ1) is 16.0. The van der Waals surface area contributed by atoms with Crippen LogP contribution in [0, 0.1) is 5.92 Å². The van der Waals surface area contributed by atoms with Gasteiger partial charge in [-0.15, -0.1) is 0 Å².